The predicted molar refractivity (Wildman–Crippen MR) is 134 cm³/mol. The van der Waals surface area contributed by atoms with Gasteiger partial charge in [-0.15, -0.1) is 0 Å². The number of rotatable bonds is 10. The SMILES string of the molecule is OC[C@H]1O[C@@H](O[C@H]2[C@H](O)[C@@H](O)[C@H](O[C@@H]3[C@@H](O)[C@H](O[C@H]4[C@H](O)[C@@H](O)[C@H](O)O[C@@H]4CO)O[C@H](CO)[C@H]3O)O[C@@H]2CO)[C@H](O)[C@@H](O)[C@@H]1O. The van der Waals surface area contributed by atoms with E-state index in [2.05, 4.69) is 0 Å². The van der Waals surface area contributed by atoms with Gasteiger partial charge in [-0.3, -0.25) is 0 Å². The second kappa shape index (κ2) is 15.6. The van der Waals surface area contributed by atoms with Crippen molar-refractivity contribution in [1.29, 1.82) is 0 Å². The molecule has 4 aliphatic rings. The minimum Gasteiger partial charge on any atom is -0.394 e. The Labute approximate surface area is 254 Å². The second-order valence-electron chi connectivity index (χ2n) is 11.1. The Bertz CT molecular complexity index is 912. The molecule has 0 aliphatic carbocycles. The molecule has 4 rings (SSSR count). The second-order valence-corrected chi connectivity index (χ2v) is 11.1. The van der Waals surface area contributed by atoms with Crippen LogP contribution < -0.4 is 0 Å². The van der Waals surface area contributed by atoms with E-state index in [-0.39, 0.29) is 0 Å². The van der Waals surface area contributed by atoms with E-state index in [1.807, 2.05) is 0 Å². The lowest BCUT2D eigenvalue weighted by Gasteiger charge is -2.49. The third-order valence-corrected chi connectivity index (χ3v) is 8.20. The van der Waals surface area contributed by atoms with Crippen LogP contribution in [0.3, 0.4) is 0 Å². The van der Waals surface area contributed by atoms with Gasteiger partial charge in [-0.2, -0.15) is 0 Å². The molecule has 4 fully saturated rings. The van der Waals surface area contributed by atoms with Crippen molar-refractivity contribution in [1.82, 2.24) is 0 Å². The third kappa shape index (κ3) is 7.44. The number of aliphatic hydroxyl groups is 14. The normalized spacial score (nSPS) is 52.9. The molecule has 0 saturated carbocycles. The summed E-state index contributed by atoms with van der Waals surface area (Å²) >= 11 is 0. The summed E-state index contributed by atoms with van der Waals surface area (Å²) in [5.41, 5.74) is 0. The molecule has 0 bridgehead atoms. The van der Waals surface area contributed by atoms with Gasteiger partial charge in [0.25, 0.3) is 0 Å². The van der Waals surface area contributed by atoms with E-state index in [0.717, 1.165) is 0 Å². The molecule has 14 N–H and O–H groups in total. The van der Waals surface area contributed by atoms with Gasteiger partial charge in [-0.05, 0) is 0 Å². The molecular weight excluding hydrogens is 624 g/mol. The van der Waals surface area contributed by atoms with Gasteiger partial charge in [0.2, 0.25) is 0 Å². The van der Waals surface area contributed by atoms with Crippen molar-refractivity contribution in [3.63, 3.8) is 0 Å². The van der Waals surface area contributed by atoms with E-state index in [9.17, 15) is 71.5 Å². The molecule has 0 aromatic heterocycles. The molecule has 21 heteroatoms. The van der Waals surface area contributed by atoms with Crippen LogP contribution in [0.2, 0.25) is 0 Å². The standard InChI is InChI=1S/C24H42O21/c25-1-5-9(29)11(31)15(35)22(40-5)43-19-8(4-28)42-23(16(36)13(19)33)45-20-10(30)6(2-26)41-24(17(20)37)44-18-7(3-27)39-21(38)14(34)12(18)32/h5-38H,1-4H2/t5-,6-,7-,8-,9-,10-,11+,12-,13-,14-,15-,16-,17-,18-,19-,20+,21-,22+,23+,24+/m1/s1. The molecule has 4 heterocycles. The zero-order valence-corrected chi connectivity index (χ0v) is 23.5. The molecule has 20 atom stereocenters. The monoisotopic (exact) mass is 666 g/mol. The average molecular weight is 667 g/mol. The number of aliphatic hydroxyl groups excluding tert-OH is 14. The van der Waals surface area contributed by atoms with Crippen LogP contribution in [-0.2, 0) is 33.2 Å². The maximum atomic E-state index is 11.0. The van der Waals surface area contributed by atoms with E-state index in [0.29, 0.717) is 0 Å². The van der Waals surface area contributed by atoms with Crippen molar-refractivity contribution in [2.45, 2.75) is 123 Å². The van der Waals surface area contributed by atoms with E-state index in [4.69, 9.17) is 33.2 Å². The highest BCUT2D eigenvalue weighted by molar-refractivity contribution is 4.97. The van der Waals surface area contributed by atoms with Gasteiger partial charge in [-0.25, -0.2) is 0 Å². The van der Waals surface area contributed by atoms with Crippen molar-refractivity contribution in [3.05, 3.63) is 0 Å². The molecule has 0 radical (unpaired) electrons. The van der Waals surface area contributed by atoms with Crippen molar-refractivity contribution in [2.75, 3.05) is 26.4 Å². The Morgan fingerprint density at radius 3 is 1.22 bits per heavy atom. The topological polar surface area (TPSA) is 348 Å². The maximum Gasteiger partial charge on any atom is 0.187 e. The first-order valence-electron chi connectivity index (χ1n) is 14.1. The van der Waals surface area contributed by atoms with Crippen molar-refractivity contribution < 1.29 is 105 Å². The Morgan fingerprint density at radius 1 is 0.333 bits per heavy atom. The molecule has 0 amide bonds. The average Bonchev–Trinajstić information content (AvgIpc) is 3.03. The predicted octanol–water partition coefficient (Wildman–Crippen LogP) is -9.75. The van der Waals surface area contributed by atoms with Gasteiger partial charge >= 0.3 is 0 Å². The van der Waals surface area contributed by atoms with E-state index >= 15 is 0 Å². The quantitative estimate of drug-likeness (QED) is 0.103. The molecule has 0 aromatic rings. The molecule has 0 unspecified atom stereocenters. The van der Waals surface area contributed by atoms with Crippen LogP contribution in [0.15, 0.2) is 0 Å². The van der Waals surface area contributed by atoms with E-state index in [1.165, 1.54) is 0 Å². The van der Waals surface area contributed by atoms with Gasteiger partial charge in [-0.1, -0.05) is 0 Å². The highest BCUT2D eigenvalue weighted by atomic mass is 16.8. The molecule has 4 aliphatic heterocycles. The third-order valence-electron chi connectivity index (χ3n) is 8.20. The van der Waals surface area contributed by atoms with Gasteiger partial charge in [0.15, 0.2) is 25.2 Å². The highest BCUT2D eigenvalue weighted by Crippen LogP contribution is 2.34. The van der Waals surface area contributed by atoms with E-state index < -0.39 is 149 Å². The Balaban J connectivity index is 1.48. The zero-order valence-electron chi connectivity index (χ0n) is 23.5. The largest absolute Gasteiger partial charge is 0.394 e. The smallest absolute Gasteiger partial charge is 0.187 e. The number of hydrogen-bond donors (Lipinski definition) is 14. The fourth-order valence-corrected chi connectivity index (χ4v) is 5.54. The van der Waals surface area contributed by atoms with Crippen LogP contribution in [0.5, 0.6) is 0 Å². The lowest BCUT2D eigenvalue weighted by molar-refractivity contribution is -0.388. The summed E-state index contributed by atoms with van der Waals surface area (Å²) in [6.07, 6.45) is -35.6. The van der Waals surface area contributed by atoms with Crippen LogP contribution in [0.25, 0.3) is 0 Å². The van der Waals surface area contributed by atoms with E-state index in [1.54, 1.807) is 0 Å². The van der Waals surface area contributed by atoms with Gasteiger partial charge < -0.3 is 105 Å². The number of ether oxygens (including phenoxy) is 7. The highest BCUT2D eigenvalue weighted by Gasteiger charge is 2.55. The van der Waals surface area contributed by atoms with Crippen molar-refractivity contribution >= 4 is 0 Å². The molecule has 4 saturated heterocycles. The summed E-state index contributed by atoms with van der Waals surface area (Å²) in [5.74, 6) is 0. The fourth-order valence-electron chi connectivity index (χ4n) is 5.54. The van der Waals surface area contributed by atoms with Gasteiger partial charge in [0.05, 0.1) is 26.4 Å². The van der Waals surface area contributed by atoms with Gasteiger partial charge in [0, 0.05) is 0 Å². The lowest BCUT2D eigenvalue weighted by Crippen LogP contribution is -2.67. The van der Waals surface area contributed by atoms with Crippen molar-refractivity contribution in [2.24, 2.45) is 0 Å². The minimum absolute atomic E-state index is 0.790. The molecule has 0 aromatic carbocycles. The number of hydrogen-bond acceptors (Lipinski definition) is 21. The molecular formula is C24H42O21. The van der Waals surface area contributed by atoms with Crippen LogP contribution in [-0.4, -0.2) is 221 Å². The lowest BCUT2D eigenvalue weighted by atomic mass is 9.95. The molecule has 45 heavy (non-hydrogen) atoms. The molecule has 0 spiro atoms. The maximum absolute atomic E-state index is 11.0. The van der Waals surface area contributed by atoms with Crippen molar-refractivity contribution in [3.8, 4) is 0 Å². The summed E-state index contributed by atoms with van der Waals surface area (Å²) in [4.78, 5) is 0. The summed E-state index contributed by atoms with van der Waals surface area (Å²) in [5, 5.41) is 143. The minimum atomic E-state index is -2.05. The van der Waals surface area contributed by atoms with Crippen LogP contribution in [0, 0.1) is 0 Å². The summed E-state index contributed by atoms with van der Waals surface area (Å²) < 4.78 is 37.7. The first-order chi connectivity index (χ1) is 21.3. The van der Waals surface area contributed by atoms with Crippen LogP contribution >= 0.6 is 0 Å². The molecule has 264 valence electrons. The van der Waals surface area contributed by atoms with Crippen LogP contribution in [0.1, 0.15) is 0 Å². The Morgan fingerprint density at radius 2 is 0.711 bits per heavy atom. The van der Waals surface area contributed by atoms with Crippen LogP contribution in [0.4, 0.5) is 0 Å². The fraction of sp³-hybridized carbons (Fsp3) is 1.00. The Hall–Kier alpha value is -0.840. The summed E-state index contributed by atoms with van der Waals surface area (Å²) in [6, 6.07) is 0. The zero-order chi connectivity index (χ0) is 33.3. The summed E-state index contributed by atoms with van der Waals surface area (Å²) in [7, 11) is 0. The molecule has 21 nitrogen and oxygen atoms in total. The first-order valence-corrected chi connectivity index (χ1v) is 14.1. The van der Waals surface area contributed by atoms with Gasteiger partial charge in [0.1, 0.15) is 97.7 Å². The summed E-state index contributed by atoms with van der Waals surface area (Å²) in [6.45, 7) is -3.41. The first kappa shape index (κ1) is 37.0. The Kier molecular flexibility index (Phi) is 12.8.